The molecule has 3 atom stereocenters. The number of halogens is 2. The largest absolute Gasteiger partial charge is 0.466 e. The second-order valence-electron chi connectivity index (χ2n) is 6.39. The van der Waals surface area contributed by atoms with Crippen molar-refractivity contribution in [3.8, 4) is 0 Å². The third-order valence-electron chi connectivity index (χ3n) is 4.40. The molecule has 0 radical (unpaired) electrons. The van der Waals surface area contributed by atoms with E-state index in [2.05, 4.69) is 15.6 Å². The minimum absolute atomic E-state index is 0.0193. The Morgan fingerprint density at radius 3 is 3.12 bits per heavy atom. The lowest BCUT2D eigenvalue weighted by Crippen LogP contribution is -2.47. The minimum atomic E-state index is -0.800. The van der Waals surface area contributed by atoms with E-state index in [0.717, 1.165) is 6.21 Å². The van der Waals surface area contributed by atoms with Crippen LogP contribution in [0.4, 0.5) is 4.39 Å². The van der Waals surface area contributed by atoms with Gasteiger partial charge in [-0.1, -0.05) is 18.0 Å². The topological polar surface area (TPSA) is 106 Å². The monoisotopic (exact) mass is 376 g/mol. The average molecular weight is 377 g/mol. The molecule has 8 nitrogen and oxygen atoms in total. The molecule has 0 bridgehead atoms. The summed E-state index contributed by atoms with van der Waals surface area (Å²) < 4.78 is 18.8. The second kappa shape index (κ2) is 8.46. The van der Waals surface area contributed by atoms with Crippen molar-refractivity contribution in [3.63, 3.8) is 0 Å². The van der Waals surface area contributed by atoms with Crippen molar-refractivity contribution in [2.45, 2.75) is 50.7 Å². The number of esters is 1. The van der Waals surface area contributed by atoms with Crippen LogP contribution in [0.1, 0.15) is 39.0 Å². The first-order valence-electron chi connectivity index (χ1n) is 8.21. The third-order valence-corrected chi connectivity index (χ3v) is 4.62. The van der Waals surface area contributed by atoms with Crippen LogP contribution in [0.15, 0.2) is 16.6 Å². The van der Waals surface area contributed by atoms with Gasteiger partial charge in [-0.3, -0.25) is 14.9 Å². The number of carbonyl (C=O) groups is 1. The SMILES string of the molecule is CCOC(=O)CC1(C[N+](=O)[O-])CCC[C@H](NC2=C(F)C=NC(Cl)N2)C1. The smallest absolute Gasteiger partial charge is 0.306 e. The predicted octanol–water partition coefficient (Wildman–Crippen LogP) is 2.07. The summed E-state index contributed by atoms with van der Waals surface area (Å²) in [6, 6.07) is -0.216. The van der Waals surface area contributed by atoms with E-state index in [4.69, 9.17) is 16.3 Å². The van der Waals surface area contributed by atoms with Crippen LogP contribution in [0.25, 0.3) is 0 Å². The Labute approximate surface area is 150 Å². The highest BCUT2D eigenvalue weighted by molar-refractivity contribution is 6.21. The number of aliphatic imine (C=N–C) groups is 1. The Morgan fingerprint density at radius 1 is 1.68 bits per heavy atom. The fourth-order valence-corrected chi connectivity index (χ4v) is 3.63. The van der Waals surface area contributed by atoms with Crippen LogP contribution < -0.4 is 10.6 Å². The molecule has 2 unspecified atom stereocenters. The maximum atomic E-state index is 13.9. The lowest BCUT2D eigenvalue weighted by atomic mass is 9.70. The molecule has 25 heavy (non-hydrogen) atoms. The Balaban J connectivity index is 2.10. The molecule has 1 fully saturated rings. The second-order valence-corrected chi connectivity index (χ2v) is 6.80. The third kappa shape index (κ3) is 5.55. The van der Waals surface area contributed by atoms with Crippen molar-refractivity contribution in [1.29, 1.82) is 0 Å². The maximum Gasteiger partial charge on any atom is 0.306 e. The fourth-order valence-electron chi connectivity index (χ4n) is 3.46. The van der Waals surface area contributed by atoms with E-state index in [-0.39, 0.29) is 31.4 Å². The lowest BCUT2D eigenvalue weighted by molar-refractivity contribution is -0.499. The van der Waals surface area contributed by atoms with Crippen LogP contribution in [-0.2, 0) is 9.53 Å². The highest BCUT2D eigenvalue weighted by Gasteiger charge is 2.43. The summed E-state index contributed by atoms with van der Waals surface area (Å²) >= 11 is 5.82. The van der Waals surface area contributed by atoms with E-state index in [9.17, 15) is 19.3 Å². The highest BCUT2D eigenvalue weighted by atomic mass is 35.5. The van der Waals surface area contributed by atoms with Gasteiger partial charge in [0.05, 0.1) is 19.2 Å². The van der Waals surface area contributed by atoms with Crippen molar-refractivity contribution in [2.75, 3.05) is 13.2 Å². The number of hydrogen-bond acceptors (Lipinski definition) is 7. The summed E-state index contributed by atoms with van der Waals surface area (Å²) in [4.78, 5) is 26.3. The predicted molar refractivity (Wildman–Crippen MR) is 90.3 cm³/mol. The molecule has 0 saturated heterocycles. The Hall–Kier alpha value is -1.90. The van der Waals surface area contributed by atoms with Gasteiger partial charge in [-0.2, -0.15) is 0 Å². The Kier molecular flexibility index (Phi) is 6.57. The summed E-state index contributed by atoms with van der Waals surface area (Å²) in [6.07, 6.45) is 3.34. The van der Waals surface area contributed by atoms with Crippen LogP contribution in [0.5, 0.6) is 0 Å². The molecule has 2 aliphatic rings. The molecular formula is C15H22ClFN4O4. The molecule has 1 saturated carbocycles. The Morgan fingerprint density at radius 2 is 2.44 bits per heavy atom. The molecule has 1 heterocycles. The van der Waals surface area contributed by atoms with E-state index < -0.39 is 27.8 Å². The molecule has 0 aromatic heterocycles. The van der Waals surface area contributed by atoms with Crippen molar-refractivity contribution >= 4 is 23.8 Å². The van der Waals surface area contributed by atoms with Crippen LogP contribution in [0.3, 0.4) is 0 Å². The number of ether oxygens (including phenoxy) is 1. The number of allylic oxidation sites excluding steroid dienone is 1. The quantitative estimate of drug-likeness (QED) is 0.232. The van der Waals surface area contributed by atoms with E-state index in [1.54, 1.807) is 6.92 Å². The van der Waals surface area contributed by atoms with Crippen molar-refractivity contribution < 1.29 is 18.8 Å². The molecule has 1 aliphatic carbocycles. The summed E-state index contributed by atoms with van der Waals surface area (Å²) in [5.41, 5.74) is -1.57. The van der Waals surface area contributed by atoms with Crippen LogP contribution in [0.2, 0.25) is 0 Å². The number of alkyl halides is 1. The summed E-state index contributed by atoms with van der Waals surface area (Å²) in [5.74, 6) is -0.903. The first-order valence-corrected chi connectivity index (χ1v) is 8.65. The van der Waals surface area contributed by atoms with E-state index >= 15 is 0 Å². The molecule has 140 valence electrons. The molecule has 0 aromatic carbocycles. The van der Waals surface area contributed by atoms with Crippen LogP contribution in [0, 0.1) is 15.5 Å². The van der Waals surface area contributed by atoms with E-state index in [1.165, 1.54) is 0 Å². The zero-order chi connectivity index (χ0) is 18.4. The van der Waals surface area contributed by atoms with Gasteiger partial charge in [0.25, 0.3) is 0 Å². The Bertz CT molecular complexity index is 586. The van der Waals surface area contributed by atoms with Gasteiger partial charge in [0.2, 0.25) is 6.54 Å². The summed E-state index contributed by atoms with van der Waals surface area (Å²) in [7, 11) is 0. The van der Waals surface area contributed by atoms with Gasteiger partial charge in [0.15, 0.2) is 11.5 Å². The number of carbonyl (C=O) groups excluding carboxylic acids is 1. The van der Waals surface area contributed by atoms with Gasteiger partial charge >= 0.3 is 5.97 Å². The maximum absolute atomic E-state index is 13.9. The molecule has 2 N–H and O–H groups in total. The normalized spacial score (nSPS) is 29.1. The number of hydrogen-bond donors (Lipinski definition) is 2. The number of nitrogens with zero attached hydrogens (tertiary/aromatic N) is 2. The lowest BCUT2D eigenvalue weighted by Gasteiger charge is -2.38. The summed E-state index contributed by atoms with van der Waals surface area (Å²) in [6.45, 7) is 1.60. The van der Waals surface area contributed by atoms with Gasteiger partial charge < -0.3 is 15.4 Å². The highest BCUT2D eigenvalue weighted by Crippen LogP contribution is 2.40. The molecule has 1 aliphatic heterocycles. The van der Waals surface area contributed by atoms with Gasteiger partial charge in [-0.05, 0) is 26.2 Å². The molecular weight excluding hydrogens is 355 g/mol. The fraction of sp³-hybridized carbons (Fsp3) is 0.733. The molecule has 0 spiro atoms. The number of rotatable bonds is 7. The molecule has 0 amide bonds. The van der Waals surface area contributed by atoms with Crippen molar-refractivity contribution in [2.24, 2.45) is 10.4 Å². The molecule has 2 rings (SSSR count). The van der Waals surface area contributed by atoms with Crippen LogP contribution in [-0.4, -0.2) is 41.9 Å². The first kappa shape index (κ1) is 19.4. The standard InChI is InChI=1S/C15H22ClFN4O4/c1-2-25-12(22)7-15(9-21(23)24)5-3-4-10(6-15)19-13-11(17)8-18-14(16)20-13/h8,10,14,19-20H,2-7,9H2,1H3/t10-,14?,15?/m0/s1. The molecule has 0 aromatic rings. The number of nitro groups is 1. The summed E-state index contributed by atoms with van der Waals surface area (Å²) in [5, 5.41) is 16.8. The van der Waals surface area contributed by atoms with E-state index in [1.807, 2.05) is 0 Å². The van der Waals surface area contributed by atoms with Gasteiger partial charge in [-0.15, -0.1) is 0 Å². The molecule has 10 heteroatoms. The average Bonchev–Trinajstić information content (AvgIpc) is 2.50. The first-order chi connectivity index (χ1) is 11.8. The van der Waals surface area contributed by atoms with Gasteiger partial charge in [0, 0.05) is 16.4 Å². The minimum Gasteiger partial charge on any atom is -0.466 e. The van der Waals surface area contributed by atoms with Crippen molar-refractivity contribution in [3.05, 3.63) is 21.8 Å². The van der Waals surface area contributed by atoms with Gasteiger partial charge in [-0.25, -0.2) is 9.38 Å². The van der Waals surface area contributed by atoms with Gasteiger partial charge in [0.1, 0.15) is 5.82 Å². The van der Waals surface area contributed by atoms with E-state index in [0.29, 0.717) is 25.7 Å². The van der Waals surface area contributed by atoms with Crippen LogP contribution >= 0.6 is 11.6 Å². The zero-order valence-corrected chi connectivity index (χ0v) is 14.7. The number of nitrogens with one attached hydrogen (secondary N) is 2. The zero-order valence-electron chi connectivity index (χ0n) is 14.0. The van der Waals surface area contributed by atoms with Crippen molar-refractivity contribution in [1.82, 2.24) is 10.6 Å².